The summed E-state index contributed by atoms with van der Waals surface area (Å²) < 4.78 is 10.1. The fraction of sp³-hybridized carbons (Fsp3) is 0.318. The van der Waals surface area contributed by atoms with Crippen molar-refractivity contribution in [1.82, 2.24) is 0 Å². The molecule has 0 bridgehead atoms. The van der Waals surface area contributed by atoms with Crippen molar-refractivity contribution in [1.29, 1.82) is 0 Å². The van der Waals surface area contributed by atoms with E-state index in [1.165, 1.54) is 11.1 Å². The first-order valence-corrected chi connectivity index (χ1v) is 9.39. The van der Waals surface area contributed by atoms with E-state index in [0.29, 0.717) is 5.69 Å². The third-order valence-electron chi connectivity index (χ3n) is 4.57. The number of anilines is 1. The number of rotatable bonds is 7. The number of hydrogen-bond acceptors (Lipinski definition) is 5. The predicted octanol–water partition coefficient (Wildman–Crippen LogP) is 3.08. The van der Waals surface area contributed by atoms with Gasteiger partial charge in [-0.1, -0.05) is 30.3 Å². The molecule has 0 radical (unpaired) electrons. The van der Waals surface area contributed by atoms with Gasteiger partial charge in [0.1, 0.15) is 0 Å². The van der Waals surface area contributed by atoms with Crippen LogP contribution in [0.3, 0.4) is 0 Å². The quantitative estimate of drug-likeness (QED) is 0.746. The molecule has 0 saturated carbocycles. The van der Waals surface area contributed by atoms with Crippen LogP contribution >= 0.6 is 0 Å². The van der Waals surface area contributed by atoms with Gasteiger partial charge in [0.15, 0.2) is 6.61 Å². The smallest absolute Gasteiger partial charge is 0.340 e. The van der Waals surface area contributed by atoms with Crippen molar-refractivity contribution in [2.45, 2.75) is 32.6 Å². The number of nitrogens with one attached hydrogen (secondary N) is 1. The second-order valence-electron chi connectivity index (χ2n) is 6.61. The van der Waals surface area contributed by atoms with Crippen molar-refractivity contribution < 1.29 is 23.9 Å². The van der Waals surface area contributed by atoms with Crippen molar-refractivity contribution in [2.75, 3.05) is 18.5 Å². The Bertz CT molecular complexity index is 890. The van der Waals surface area contributed by atoms with Gasteiger partial charge < -0.3 is 14.8 Å². The lowest BCUT2D eigenvalue weighted by Gasteiger charge is -2.11. The summed E-state index contributed by atoms with van der Waals surface area (Å²) in [5, 5.41) is 2.59. The number of carbonyl (C=O) groups is 3. The molecule has 1 amide bonds. The highest BCUT2D eigenvalue weighted by molar-refractivity contribution is 6.01. The molecule has 0 saturated heterocycles. The lowest BCUT2D eigenvalue weighted by molar-refractivity contribution is -0.146. The molecule has 0 aromatic heterocycles. The molecule has 1 N–H and O–H groups in total. The Balaban J connectivity index is 1.52. The highest BCUT2D eigenvalue weighted by Gasteiger charge is 2.16. The molecule has 2 aromatic carbocycles. The predicted molar refractivity (Wildman–Crippen MR) is 104 cm³/mol. The first-order chi connectivity index (χ1) is 13.6. The summed E-state index contributed by atoms with van der Waals surface area (Å²) in [4.78, 5) is 36.1. The van der Waals surface area contributed by atoms with Crippen LogP contribution in [0.1, 0.15) is 40.4 Å². The molecule has 6 heteroatoms. The number of carbonyl (C=O) groups excluding carboxylic acids is 3. The van der Waals surface area contributed by atoms with Gasteiger partial charge in [0.05, 0.1) is 24.3 Å². The van der Waals surface area contributed by atoms with Crippen molar-refractivity contribution >= 4 is 23.5 Å². The van der Waals surface area contributed by atoms with Gasteiger partial charge in [-0.25, -0.2) is 4.79 Å². The number of ether oxygens (including phenoxy) is 2. The first-order valence-electron chi connectivity index (χ1n) is 9.39. The Kier molecular flexibility index (Phi) is 6.42. The van der Waals surface area contributed by atoms with E-state index in [0.717, 1.165) is 24.8 Å². The number of esters is 2. The van der Waals surface area contributed by atoms with E-state index in [-0.39, 0.29) is 18.6 Å². The van der Waals surface area contributed by atoms with E-state index in [2.05, 4.69) is 11.4 Å². The van der Waals surface area contributed by atoms with Crippen LogP contribution in [0.5, 0.6) is 0 Å². The summed E-state index contributed by atoms with van der Waals surface area (Å²) in [5.41, 5.74) is 4.09. The maximum absolute atomic E-state index is 12.1. The maximum Gasteiger partial charge on any atom is 0.340 e. The van der Waals surface area contributed by atoms with Crippen LogP contribution in [0.4, 0.5) is 5.69 Å². The van der Waals surface area contributed by atoms with E-state index in [4.69, 9.17) is 9.47 Å². The lowest BCUT2D eigenvalue weighted by Crippen LogP contribution is -2.23. The molecule has 2 aromatic rings. The fourth-order valence-electron chi connectivity index (χ4n) is 3.26. The molecule has 0 fully saturated rings. The number of para-hydroxylation sites is 1. The Labute approximate surface area is 163 Å². The topological polar surface area (TPSA) is 81.7 Å². The SMILES string of the molecule is CCOC(=O)c1ccccc1NC(=O)COC(=O)Cc1ccc2c(c1)CCC2. The highest BCUT2D eigenvalue weighted by atomic mass is 16.5. The molecule has 3 rings (SSSR count). The molecular weight excluding hydrogens is 358 g/mol. The van der Waals surface area contributed by atoms with Crippen molar-refractivity contribution in [3.05, 3.63) is 64.7 Å². The third-order valence-corrected chi connectivity index (χ3v) is 4.57. The summed E-state index contributed by atoms with van der Waals surface area (Å²) in [6.45, 7) is 1.53. The first kappa shape index (κ1) is 19.6. The summed E-state index contributed by atoms with van der Waals surface area (Å²) >= 11 is 0. The zero-order chi connectivity index (χ0) is 19.9. The number of hydrogen-bond donors (Lipinski definition) is 1. The summed E-state index contributed by atoms with van der Waals surface area (Å²) in [6, 6.07) is 12.6. The Hall–Kier alpha value is -3.15. The fourth-order valence-corrected chi connectivity index (χ4v) is 3.26. The van der Waals surface area contributed by atoms with Crippen molar-refractivity contribution in [2.24, 2.45) is 0 Å². The minimum atomic E-state index is -0.521. The van der Waals surface area contributed by atoms with Gasteiger partial charge in [-0.2, -0.15) is 0 Å². The second-order valence-corrected chi connectivity index (χ2v) is 6.61. The van der Waals surface area contributed by atoms with Gasteiger partial charge in [0.25, 0.3) is 5.91 Å². The van der Waals surface area contributed by atoms with Crippen molar-refractivity contribution in [3.8, 4) is 0 Å². The molecule has 1 aliphatic rings. The van der Waals surface area contributed by atoms with Gasteiger partial charge in [-0.15, -0.1) is 0 Å². The molecule has 1 aliphatic carbocycles. The monoisotopic (exact) mass is 381 g/mol. The molecule has 0 heterocycles. The Morgan fingerprint density at radius 3 is 2.61 bits per heavy atom. The molecule has 146 valence electrons. The summed E-state index contributed by atoms with van der Waals surface area (Å²) in [5.74, 6) is -1.50. The van der Waals surface area contributed by atoms with Gasteiger partial charge in [-0.05, 0) is 55.0 Å². The van der Waals surface area contributed by atoms with E-state index >= 15 is 0 Å². The zero-order valence-electron chi connectivity index (χ0n) is 15.8. The molecular formula is C22H23NO5. The minimum absolute atomic E-state index is 0.125. The van der Waals surface area contributed by atoms with Crippen LogP contribution in [0.25, 0.3) is 0 Å². The van der Waals surface area contributed by atoms with Crippen molar-refractivity contribution in [3.63, 3.8) is 0 Å². The van der Waals surface area contributed by atoms with E-state index < -0.39 is 24.5 Å². The largest absolute Gasteiger partial charge is 0.462 e. The van der Waals surface area contributed by atoms with E-state index in [1.807, 2.05) is 12.1 Å². The lowest BCUT2D eigenvalue weighted by atomic mass is 10.0. The summed E-state index contributed by atoms with van der Waals surface area (Å²) in [7, 11) is 0. The number of aryl methyl sites for hydroxylation is 2. The van der Waals surface area contributed by atoms with Crippen LogP contribution in [0.2, 0.25) is 0 Å². The van der Waals surface area contributed by atoms with Gasteiger partial charge in [0, 0.05) is 0 Å². The second kappa shape index (κ2) is 9.17. The van der Waals surface area contributed by atoms with Crippen LogP contribution < -0.4 is 5.32 Å². The summed E-state index contributed by atoms with van der Waals surface area (Å²) in [6.07, 6.45) is 3.41. The average molecular weight is 381 g/mol. The number of benzene rings is 2. The van der Waals surface area contributed by atoms with E-state index in [9.17, 15) is 14.4 Å². The molecule has 6 nitrogen and oxygen atoms in total. The molecule has 0 aliphatic heterocycles. The van der Waals surface area contributed by atoms with Gasteiger partial charge in [-0.3, -0.25) is 9.59 Å². The zero-order valence-corrected chi connectivity index (χ0v) is 15.8. The van der Waals surface area contributed by atoms with Gasteiger partial charge in [0.2, 0.25) is 0 Å². The molecule has 0 unspecified atom stereocenters. The van der Waals surface area contributed by atoms with E-state index in [1.54, 1.807) is 31.2 Å². The number of amides is 1. The van der Waals surface area contributed by atoms with Crippen LogP contribution in [0.15, 0.2) is 42.5 Å². The maximum atomic E-state index is 12.1. The average Bonchev–Trinajstić information content (AvgIpc) is 3.15. The Morgan fingerprint density at radius 1 is 1.00 bits per heavy atom. The number of fused-ring (bicyclic) bond motifs is 1. The highest BCUT2D eigenvalue weighted by Crippen LogP contribution is 2.23. The third kappa shape index (κ3) is 4.97. The minimum Gasteiger partial charge on any atom is -0.462 e. The van der Waals surface area contributed by atoms with Crippen LogP contribution in [-0.2, 0) is 38.3 Å². The Morgan fingerprint density at radius 2 is 1.79 bits per heavy atom. The normalized spacial score (nSPS) is 12.2. The van der Waals surface area contributed by atoms with Gasteiger partial charge >= 0.3 is 11.9 Å². The standard InChI is InChI=1S/C22H23NO5/c1-2-27-22(26)18-8-3-4-9-19(18)23-20(24)14-28-21(25)13-15-10-11-16-6-5-7-17(16)12-15/h3-4,8-12H,2,5-7,13-14H2,1H3,(H,23,24). The van der Waals surface area contributed by atoms with Crippen LogP contribution in [0, 0.1) is 0 Å². The molecule has 0 spiro atoms. The molecule has 28 heavy (non-hydrogen) atoms. The van der Waals surface area contributed by atoms with Crippen LogP contribution in [-0.4, -0.2) is 31.1 Å². The molecule has 0 atom stereocenters.